The highest BCUT2D eigenvalue weighted by Gasteiger charge is 2.18. The molecule has 1 aromatic rings. The highest BCUT2D eigenvalue weighted by molar-refractivity contribution is 9.10. The molecule has 0 amide bonds. The molecule has 18 heavy (non-hydrogen) atoms. The van der Waals surface area contributed by atoms with Crippen molar-refractivity contribution in [1.29, 1.82) is 0 Å². The van der Waals surface area contributed by atoms with E-state index in [4.69, 9.17) is 4.74 Å². The van der Waals surface area contributed by atoms with Crippen molar-refractivity contribution in [3.8, 4) is 0 Å². The molecule has 0 N–H and O–H groups in total. The molecule has 1 saturated heterocycles. The van der Waals surface area contributed by atoms with Crippen LogP contribution in [-0.2, 0) is 18.3 Å². The quantitative estimate of drug-likeness (QED) is 0.854. The first-order chi connectivity index (χ1) is 8.58. The average molecular weight is 316 g/mol. The average Bonchev–Trinajstić information content (AvgIpc) is 2.57. The minimum Gasteiger partial charge on any atom is -0.381 e. The van der Waals surface area contributed by atoms with Crippen molar-refractivity contribution in [3.63, 3.8) is 0 Å². The number of rotatable bonds is 4. The maximum absolute atomic E-state index is 5.40. The molecule has 0 bridgehead atoms. The van der Waals surface area contributed by atoms with Gasteiger partial charge < -0.3 is 9.64 Å². The summed E-state index contributed by atoms with van der Waals surface area (Å²) in [6.45, 7) is 5.96. The summed E-state index contributed by atoms with van der Waals surface area (Å²) in [7, 11) is 4.19. The number of aryl methyl sites for hydroxylation is 2. The van der Waals surface area contributed by atoms with Gasteiger partial charge in [-0.15, -0.1) is 0 Å². The fourth-order valence-electron chi connectivity index (χ4n) is 2.54. The molecule has 1 aromatic heterocycles. The molecule has 4 nitrogen and oxygen atoms in total. The fourth-order valence-corrected chi connectivity index (χ4v) is 3.00. The smallest absolute Gasteiger partial charge is 0.0739 e. The van der Waals surface area contributed by atoms with Crippen molar-refractivity contribution in [1.82, 2.24) is 14.7 Å². The molecule has 102 valence electrons. The van der Waals surface area contributed by atoms with E-state index < -0.39 is 0 Å². The summed E-state index contributed by atoms with van der Waals surface area (Å²) in [5, 5.41) is 4.43. The van der Waals surface area contributed by atoms with E-state index >= 15 is 0 Å². The van der Waals surface area contributed by atoms with E-state index in [0.29, 0.717) is 0 Å². The van der Waals surface area contributed by atoms with Gasteiger partial charge in [0.2, 0.25) is 0 Å². The van der Waals surface area contributed by atoms with Gasteiger partial charge in [0.05, 0.1) is 15.9 Å². The van der Waals surface area contributed by atoms with Crippen molar-refractivity contribution in [2.24, 2.45) is 13.0 Å². The van der Waals surface area contributed by atoms with Gasteiger partial charge in [-0.2, -0.15) is 5.10 Å². The third kappa shape index (κ3) is 3.33. The Kier molecular flexibility index (Phi) is 4.81. The summed E-state index contributed by atoms with van der Waals surface area (Å²) >= 11 is 3.62. The molecule has 0 aliphatic carbocycles. The van der Waals surface area contributed by atoms with Crippen LogP contribution in [0.5, 0.6) is 0 Å². The molecule has 0 atom stereocenters. The van der Waals surface area contributed by atoms with Gasteiger partial charge in [0.15, 0.2) is 0 Å². The third-order valence-corrected chi connectivity index (χ3v) is 4.62. The van der Waals surface area contributed by atoms with Gasteiger partial charge >= 0.3 is 0 Å². The van der Waals surface area contributed by atoms with E-state index in [1.807, 2.05) is 18.7 Å². The summed E-state index contributed by atoms with van der Waals surface area (Å²) in [6, 6.07) is 0. The fraction of sp³-hybridized carbons (Fsp3) is 0.769. The van der Waals surface area contributed by atoms with E-state index in [0.717, 1.165) is 42.4 Å². The first-order valence-corrected chi connectivity index (χ1v) is 7.31. The van der Waals surface area contributed by atoms with Crippen molar-refractivity contribution < 1.29 is 4.74 Å². The summed E-state index contributed by atoms with van der Waals surface area (Å²) in [4.78, 5) is 2.39. The molecule has 0 saturated carbocycles. The Morgan fingerprint density at radius 3 is 2.67 bits per heavy atom. The number of hydrogen-bond donors (Lipinski definition) is 0. The molecule has 2 rings (SSSR count). The van der Waals surface area contributed by atoms with Crippen LogP contribution in [0.25, 0.3) is 0 Å². The molecule has 2 heterocycles. The zero-order valence-corrected chi connectivity index (χ0v) is 13.0. The Labute approximate surface area is 117 Å². The Morgan fingerprint density at radius 2 is 2.11 bits per heavy atom. The molecule has 1 aliphatic heterocycles. The molecule has 5 heteroatoms. The van der Waals surface area contributed by atoms with Gasteiger partial charge in [-0.25, -0.2) is 0 Å². The van der Waals surface area contributed by atoms with Crippen molar-refractivity contribution in [2.45, 2.75) is 26.3 Å². The molecule has 1 aliphatic rings. The number of hydrogen-bond acceptors (Lipinski definition) is 3. The highest BCUT2D eigenvalue weighted by Crippen LogP contribution is 2.22. The standard InChI is InChI=1S/C13H22BrN3O/c1-10-13(14)12(17(3)15-10)9-16(2)8-11-4-6-18-7-5-11/h11H,4-9H2,1-3H3. The Bertz CT molecular complexity index is 399. The number of halogens is 1. The zero-order chi connectivity index (χ0) is 13.1. The molecule has 0 spiro atoms. The lowest BCUT2D eigenvalue weighted by Gasteiger charge is -2.27. The summed E-state index contributed by atoms with van der Waals surface area (Å²) in [5.74, 6) is 0.775. The van der Waals surface area contributed by atoms with Crippen molar-refractivity contribution >= 4 is 15.9 Å². The third-order valence-electron chi connectivity index (χ3n) is 3.59. The minimum atomic E-state index is 0.775. The van der Waals surface area contributed by atoms with Gasteiger partial charge in [-0.05, 0) is 48.7 Å². The van der Waals surface area contributed by atoms with Crippen molar-refractivity contribution in [3.05, 3.63) is 15.9 Å². The van der Waals surface area contributed by atoms with Crippen LogP contribution in [0.1, 0.15) is 24.2 Å². The van der Waals surface area contributed by atoms with E-state index in [1.165, 1.54) is 18.5 Å². The Hall–Kier alpha value is -0.390. The van der Waals surface area contributed by atoms with Crippen LogP contribution < -0.4 is 0 Å². The molecular weight excluding hydrogens is 294 g/mol. The Morgan fingerprint density at radius 1 is 1.44 bits per heavy atom. The molecule has 0 aromatic carbocycles. The maximum atomic E-state index is 5.40. The van der Waals surface area contributed by atoms with E-state index in [9.17, 15) is 0 Å². The first kappa shape index (κ1) is 14.0. The van der Waals surface area contributed by atoms with Crippen molar-refractivity contribution in [2.75, 3.05) is 26.8 Å². The van der Waals surface area contributed by atoms with Crippen LogP contribution in [0.3, 0.4) is 0 Å². The second-order valence-corrected chi connectivity index (χ2v) is 6.02. The van der Waals surface area contributed by atoms with Crippen LogP contribution in [0.2, 0.25) is 0 Å². The maximum Gasteiger partial charge on any atom is 0.0739 e. The second-order valence-electron chi connectivity index (χ2n) is 5.22. The lowest BCUT2D eigenvalue weighted by atomic mass is 10.00. The van der Waals surface area contributed by atoms with Crippen LogP contribution >= 0.6 is 15.9 Å². The van der Waals surface area contributed by atoms with Crippen LogP contribution in [-0.4, -0.2) is 41.5 Å². The van der Waals surface area contributed by atoms with Gasteiger partial charge in [-0.3, -0.25) is 4.68 Å². The molecule has 0 unspecified atom stereocenters. The van der Waals surface area contributed by atoms with Crippen LogP contribution in [0, 0.1) is 12.8 Å². The molecular formula is C13H22BrN3O. The lowest BCUT2D eigenvalue weighted by molar-refractivity contribution is 0.0547. The largest absolute Gasteiger partial charge is 0.381 e. The van der Waals surface area contributed by atoms with E-state index in [2.05, 4.69) is 33.0 Å². The molecule has 0 radical (unpaired) electrons. The number of aromatic nitrogens is 2. The lowest BCUT2D eigenvalue weighted by Crippen LogP contribution is -2.30. The van der Waals surface area contributed by atoms with Crippen LogP contribution in [0.15, 0.2) is 4.47 Å². The monoisotopic (exact) mass is 315 g/mol. The molecule has 1 fully saturated rings. The highest BCUT2D eigenvalue weighted by atomic mass is 79.9. The summed E-state index contributed by atoms with van der Waals surface area (Å²) in [6.07, 6.45) is 2.38. The zero-order valence-electron chi connectivity index (χ0n) is 11.4. The first-order valence-electron chi connectivity index (χ1n) is 6.52. The number of ether oxygens (including phenoxy) is 1. The minimum absolute atomic E-state index is 0.775. The Balaban J connectivity index is 1.91. The van der Waals surface area contributed by atoms with Crippen LogP contribution in [0.4, 0.5) is 0 Å². The summed E-state index contributed by atoms with van der Waals surface area (Å²) in [5.41, 5.74) is 2.31. The SMILES string of the molecule is Cc1nn(C)c(CN(C)CC2CCOCC2)c1Br. The number of nitrogens with zero attached hydrogens (tertiary/aromatic N) is 3. The second kappa shape index (κ2) is 6.17. The van der Waals surface area contributed by atoms with Gasteiger partial charge in [0, 0.05) is 33.4 Å². The van der Waals surface area contributed by atoms with Gasteiger partial charge in [0.1, 0.15) is 0 Å². The van der Waals surface area contributed by atoms with E-state index in [-0.39, 0.29) is 0 Å². The normalized spacial score (nSPS) is 17.6. The van der Waals surface area contributed by atoms with E-state index in [1.54, 1.807) is 0 Å². The topological polar surface area (TPSA) is 30.3 Å². The predicted molar refractivity (Wildman–Crippen MR) is 75.5 cm³/mol. The van der Waals surface area contributed by atoms with Gasteiger partial charge in [-0.1, -0.05) is 0 Å². The summed E-state index contributed by atoms with van der Waals surface area (Å²) < 4.78 is 8.52. The van der Waals surface area contributed by atoms with Gasteiger partial charge in [0.25, 0.3) is 0 Å². The predicted octanol–water partition coefficient (Wildman–Crippen LogP) is 2.35.